The van der Waals surface area contributed by atoms with Crippen molar-refractivity contribution in [2.45, 2.75) is 31.8 Å². The molecule has 1 fully saturated rings. The Hall–Kier alpha value is -2.23. The van der Waals surface area contributed by atoms with Crippen molar-refractivity contribution in [3.05, 3.63) is 94.5 Å². The second kappa shape index (κ2) is 7.98. The van der Waals surface area contributed by atoms with Gasteiger partial charge in [0, 0.05) is 36.1 Å². The van der Waals surface area contributed by atoms with Gasteiger partial charge in [0.15, 0.2) is 0 Å². The number of rotatable bonds is 5. The highest BCUT2D eigenvalue weighted by molar-refractivity contribution is 6.30. The summed E-state index contributed by atoms with van der Waals surface area (Å²) in [5.41, 5.74) is 4.78. The second-order valence-corrected chi connectivity index (χ2v) is 7.28. The molecule has 0 radical (unpaired) electrons. The fraction of sp³-hybridized carbons (Fsp3) is 0.273. The summed E-state index contributed by atoms with van der Waals surface area (Å²) in [5.74, 6) is 0. The van der Waals surface area contributed by atoms with E-state index in [0.717, 1.165) is 36.6 Å². The van der Waals surface area contributed by atoms with Gasteiger partial charge in [0.1, 0.15) is 0 Å². The molecular weight excluding hydrogens is 342 g/mol. The smallest absolute Gasteiger partial charge is 0.0578 e. The number of hydrogen-bond donors (Lipinski definition) is 0. The molecule has 4 heteroatoms. The van der Waals surface area contributed by atoms with Crippen LogP contribution in [0.5, 0.6) is 0 Å². The largest absolute Gasteiger partial charge is 0.290 e. The van der Waals surface area contributed by atoms with Crippen molar-refractivity contribution < 1.29 is 0 Å². The highest BCUT2D eigenvalue weighted by Crippen LogP contribution is 2.32. The summed E-state index contributed by atoms with van der Waals surface area (Å²) in [6, 6.07) is 19.0. The van der Waals surface area contributed by atoms with E-state index >= 15 is 0 Å². The first-order valence-corrected chi connectivity index (χ1v) is 9.49. The van der Waals surface area contributed by atoms with Crippen LogP contribution in [0.4, 0.5) is 0 Å². The summed E-state index contributed by atoms with van der Waals surface area (Å²) in [5, 5.41) is 0.771. The molecular formula is C22H22ClN3. The topological polar surface area (TPSA) is 29.0 Å². The van der Waals surface area contributed by atoms with Crippen molar-refractivity contribution in [2.24, 2.45) is 0 Å². The van der Waals surface area contributed by atoms with Gasteiger partial charge in [-0.15, -0.1) is 0 Å². The Morgan fingerprint density at radius 1 is 1.00 bits per heavy atom. The Kier molecular flexibility index (Phi) is 5.28. The lowest BCUT2D eigenvalue weighted by atomic mass is 10.1. The van der Waals surface area contributed by atoms with Crippen molar-refractivity contribution in [1.82, 2.24) is 14.9 Å². The number of nitrogens with zero attached hydrogens (tertiary/aromatic N) is 3. The average molecular weight is 364 g/mol. The fourth-order valence-corrected chi connectivity index (χ4v) is 3.80. The minimum Gasteiger partial charge on any atom is -0.290 e. The molecule has 0 bridgehead atoms. The molecule has 2 aromatic heterocycles. The molecule has 0 aliphatic carbocycles. The maximum Gasteiger partial charge on any atom is 0.0578 e. The van der Waals surface area contributed by atoms with Gasteiger partial charge in [0.25, 0.3) is 0 Å². The lowest BCUT2D eigenvalue weighted by Gasteiger charge is -2.24. The maximum atomic E-state index is 5.98. The summed E-state index contributed by atoms with van der Waals surface area (Å²) >= 11 is 5.98. The van der Waals surface area contributed by atoms with Crippen LogP contribution in [-0.4, -0.2) is 21.4 Å². The van der Waals surface area contributed by atoms with E-state index in [4.69, 9.17) is 16.6 Å². The first kappa shape index (κ1) is 17.2. The predicted octanol–water partition coefficient (Wildman–Crippen LogP) is 5.06. The zero-order chi connectivity index (χ0) is 17.8. The molecule has 0 amide bonds. The molecule has 1 unspecified atom stereocenters. The Morgan fingerprint density at radius 2 is 1.88 bits per heavy atom. The number of likely N-dealkylation sites (tertiary alicyclic amines) is 1. The predicted molar refractivity (Wildman–Crippen MR) is 105 cm³/mol. The Balaban J connectivity index is 1.50. The van der Waals surface area contributed by atoms with E-state index < -0.39 is 0 Å². The number of hydrogen-bond acceptors (Lipinski definition) is 3. The molecule has 3 nitrogen and oxygen atoms in total. The zero-order valence-corrected chi connectivity index (χ0v) is 15.4. The van der Waals surface area contributed by atoms with E-state index in [1.54, 1.807) is 0 Å². The van der Waals surface area contributed by atoms with Crippen molar-refractivity contribution in [3.63, 3.8) is 0 Å². The summed E-state index contributed by atoms with van der Waals surface area (Å²) in [6.07, 6.45) is 7.00. The van der Waals surface area contributed by atoms with Gasteiger partial charge in [-0.2, -0.15) is 0 Å². The SMILES string of the molecule is Clc1ccc(Cc2cccc(C3CCCN3Cc3cccnc3)n2)cc1. The molecule has 0 spiro atoms. The van der Waals surface area contributed by atoms with Crippen molar-refractivity contribution in [2.75, 3.05) is 6.54 Å². The van der Waals surface area contributed by atoms with Gasteiger partial charge in [-0.1, -0.05) is 35.9 Å². The third-order valence-electron chi connectivity index (χ3n) is 4.94. The van der Waals surface area contributed by atoms with Gasteiger partial charge in [0.2, 0.25) is 0 Å². The summed E-state index contributed by atoms with van der Waals surface area (Å²) in [4.78, 5) is 11.7. The number of benzene rings is 1. The molecule has 0 saturated carbocycles. The quantitative estimate of drug-likeness (QED) is 0.634. The lowest BCUT2D eigenvalue weighted by molar-refractivity contribution is 0.244. The maximum absolute atomic E-state index is 5.98. The Bertz CT molecular complexity index is 849. The van der Waals surface area contributed by atoms with Crippen LogP contribution in [0.3, 0.4) is 0 Å². The molecule has 1 aromatic carbocycles. The van der Waals surface area contributed by atoms with E-state index in [9.17, 15) is 0 Å². The Morgan fingerprint density at radius 3 is 2.69 bits per heavy atom. The average Bonchev–Trinajstić information content (AvgIpc) is 3.13. The van der Waals surface area contributed by atoms with Gasteiger partial charge in [0.05, 0.1) is 11.7 Å². The molecule has 1 atom stereocenters. The standard InChI is InChI=1S/C22H22ClN3/c23-19-10-8-17(9-11-19)14-20-5-1-6-21(25-20)22-7-3-13-26(22)16-18-4-2-12-24-15-18/h1-2,4-6,8-12,15,22H,3,7,13-14,16H2. The molecule has 132 valence electrons. The van der Waals surface area contributed by atoms with Crippen LogP contribution in [0.1, 0.15) is 41.4 Å². The second-order valence-electron chi connectivity index (χ2n) is 6.85. The molecule has 0 N–H and O–H groups in total. The van der Waals surface area contributed by atoms with E-state index in [2.05, 4.69) is 46.3 Å². The van der Waals surface area contributed by atoms with E-state index in [-0.39, 0.29) is 0 Å². The van der Waals surface area contributed by atoms with Gasteiger partial charge < -0.3 is 0 Å². The van der Waals surface area contributed by atoms with Crippen LogP contribution in [0.25, 0.3) is 0 Å². The molecule has 26 heavy (non-hydrogen) atoms. The molecule has 3 heterocycles. The lowest BCUT2D eigenvalue weighted by Crippen LogP contribution is -2.23. The normalized spacial score (nSPS) is 17.5. The van der Waals surface area contributed by atoms with Crippen LogP contribution < -0.4 is 0 Å². The van der Waals surface area contributed by atoms with Crippen LogP contribution in [0.15, 0.2) is 67.0 Å². The number of halogens is 1. The molecule has 1 aliphatic rings. The zero-order valence-electron chi connectivity index (χ0n) is 14.7. The van der Waals surface area contributed by atoms with Gasteiger partial charge in [-0.05, 0) is 60.8 Å². The van der Waals surface area contributed by atoms with E-state index in [1.165, 1.54) is 23.2 Å². The molecule has 1 aliphatic heterocycles. The van der Waals surface area contributed by atoms with Crippen molar-refractivity contribution in [3.8, 4) is 0 Å². The monoisotopic (exact) mass is 363 g/mol. The number of pyridine rings is 2. The van der Waals surface area contributed by atoms with Gasteiger partial charge >= 0.3 is 0 Å². The van der Waals surface area contributed by atoms with Crippen molar-refractivity contribution >= 4 is 11.6 Å². The third kappa shape index (κ3) is 4.12. The summed E-state index contributed by atoms with van der Waals surface area (Å²) < 4.78 is 0. The minimum atomic E-state index is 0.389. The minimum absolute atomic E-state index is 0.389. The third-order valence-corrected chi connectivity index (χ3v) is 5.19. The van der Waals surface area contributed by atoms with E-state index in [1.807, 2.05) is 30.6 Å². The van der Waals surface area contributed by atoms with Crippen LogP contribution in [-0.2, 0) is 13.0 Å². The highest BCUT2D eigenvalue weighted by atomic mass is 35.5. The van der Waals surface area contributed by atoms with Crippen molar-refractivity contribution in [1.29, 1.82) is 0 Å². The molecule has 1 saturated heterocycles. The van der Waals surface area contributed by atoms with Gasteiger partial charge in [-0.3, -0.25) is 14.9 Å². The highest BCUT2D eigenvalue weighted by Gasteiger charge is 2.27. The summed E-state index contributed by atoms with van der Waals surface area (Å²) in [7, 11) is 0. The van der Waals surface area contributed by atoms with Crippen LogP contribution in [0, 0.1) is 0 Å². The van der Waals surface area contributed by atoms with Gasteiger partial charge in [-0.25, -0.2) is 0 Å². The Labute approximate surface area is 159 Å². The summed E-state index contributed by atoms with van der Waals surface area (Å²) in [6.45, 7) is 2.05. The number of aromatic nitrogens is 2. The van der Waals surface area contributed by atoms with E-state index in [0.29, 0.717) is 6.04 Å². The fourth-order valence-electron chi connectivity index (χ4n) is 3.67. The molecule has 4 rings (SSSR count). The molecule has 3 aromatic rings. The first-order valence-electron chi connectivity index (χ1n) is 9.11. The van der Waals surface area contributed by atoms with Crippen LogP contribution >= 0.6 is 11.6 Å². The van der Waals surface area contributed by atoms with Crippen LogP contribution in [0.2, 0.25) is 5.02 Å². The first-order chi connectivity index (χ1) is 12.8.